The van der Waals surface area contributed by atoms with Gasteiger partial charge in [-0.25, -0.2) is 8.42 Å². The molecule has 0 aliphatic carbocycles. The lowest BCUT2D eigenvalue weighted by Crippen LogP contribution is -2.13. The fourth-order valence-electron chi connectivity index (χ4n) is 3.05. The van der Waals surface area contributed by atoms with Crippen LogP contribution < -0.4 is 4.72 Å². The van der Waals surface area contributed by atoms with Crippen molar-refractivity contribution >= 4 is 26.6 Å². The Morgan fingerprint density at radius 3 is 2.30 bits per heavy atom. The van der Waals surface area contributed by atoms with E-state index in [-0.39, 0.29) is 10.6 Å². The second-order valence-corrected chi connectivity index (χ2v) is 8.04. The number of hydrogen-bond donors (Lipinski definition) is 3. The SMILES string of the molecule is Cc1ccc(S(=O)(=O)Nc2cccc3[nH]c(-c4ccccc4)c(O)c23)cc1. The van der Waals surface area contributed by atoms with Gasteiger partial charge in [0.2, 0.25) is 0 Å². The molecule has 6 heteroatoms. The Kier molecular flexibility index (Phi) is 4.12. The number of aromatic amines is 1. The van der Waals surface area contributed by atoms with E-state index in [4.69, 9.17) is 0 Å². The molecule has 0 atom stereocenters. The number of sulfonamides is 1. The third-order valence-corrected chi connectivity index (χ3v) is 5.82. The molecule has 0 fully saturated rings. The van der Waals surface area contributed by atoms with Gasteiger partial charge in [0.05, 0.1) is 27.2 Å². The normalized spacial score (nSPS) is 11.6. The van der Waals surface area contributed by atoms with E-state index in [1.54, 1.807) is 42.5 Å². The molecule has 0 saturated heterocycles. The first-order chi connectivity index (χ1) is 13.0. The molecule has 0 aliphatic rings. The molecule has 0 aliphatic heterocycles. The fraction of sp³-hybridized carbons (Fsp3) is 0.0476. The molecule has 1 heterocycles. The molecule has 4 rings (SSSR count). The van der Waals surface area contributed by atoms with Crippen LogP contribution in [0.15, 0.2) is 77.7 Å². The van der Waals surface area contributed by atoms with E-state index in [0.29, 0.717) is 22.3 Å². The number of aryl methyl sites for hydroxylation is 1. The predicted octanol–water partition coefficient (Wildman–Crippen LogP) is 4.65. The molecule has 136 valence electrons. The first-order valence-electron chi connectivity index (χ1n) is 8.44. The summed E-state index contributed by atoms with van der Waals surface area (Å²) in [6, 6.07) is 21.2. The van der Waals surface area contributed by atoms with Gasteiger partial charge >= 0.3 is 0 Å². The molecule has 0 saturated carbocycles. The lowest BCUT2D eigenvalue weighted by Gasteiger charge is -2.10. The van der Waals surface area contributed by atoms with Crippen molar-refractivity contribution in [1.82, 2.24) is 4.98 Å². The summed E-state index contributed by atoms with van der Waals surface area (Å²) in [5, 5.41) is 11.2. The average Bonchev–Trinajstić information content (AvgIpc) is 3.00. The van der Waals surface area contributed by atoms with E-state index >= 15 is 0 Å². The van der Waals surface area contributed by atoms with Crippen LogP contribution in [0.3, 0.4) is 0 Å². The highest BCUT2D eigenvalue weighted by Crippen LogP contribution is 2.40. The Hall–Kier alpha value is -3.25. The van der Waals surface area contributed by atoms with Crippen molar-refractivity contribution in [3.05, 3.63) is 78.4 Å². The number of aromatic nitrogens is 1. The monoisotopic (exact) mass is 378 g/mol. The summed E-state index contributed by atoms with van der Waals surface area (Å²) in [5.41, 5.74) is 3.32. The maximum Gasteiger partial charge on any atom is 0.261 e. The Labute approximate surface area is 157 Å². The maximum absolute atomic E-state index is 12.7. The topological polar surface area (TPSA) is 82.2 Å². The summed E-state index contributed by atoms with van der Waals surface area (Å²) in [6.45, 7) is 1.90. The van der Waals surface area contributed by atoms with Gasteiger partial charge in [-0.15, -0.1) is 0 Å². The van der Waals surface area contributed by atoms with Gasteiger partial charge in [0.15, 0.2) is 5.75 Å². The molecule has 3 aromatic carbocycles. The first-order valence-corrected chi connectivity index (χ1v) is 9.92. The van der Waals surface area contributed by atoms with Crippen molar-refractivity contribution in [2.45, 2.75) is 11.8 Å². The van der Waals surface area contributed by atoms with Gasteiger partial charge in [-0.05, 0) is 31.2 Å². The Bertz CT molecular complexity index is 1210. The zero-order chi connectivity index (χ0) is 19.0. The van der Waals surface area contributed by atoms with E-state index in [1.807, 2.05) is 37.3 Å². The lowest BCUT2D eigenvalue weighted by molar-refractivity contribution is 0.484. The quantitative estimate of drug-likeness (QED) is 0.483. The van der Waals surface area contributed by atoms with Crippen LogP contribution in [0, 0.1) is 6.92 Å². The minimum Gasteiger partial charge on any atom is -0.505 e. The Balaban J connectivity index is 1.81. The largest absolute Gasteiger partial charge is 0.505 e. The molecule has 27 heavy (non-hydrogen) atoms. The van der Waals surface area contributed by atoms with Crippen molar-refractivity contribution < 1.29 is 13.5 Å². The average molecular weight is 378 g/mol. The summed E-state index contributed by atoms with van der Waals surface area (Å²) in [6.07, 6.45) is 0. The van der Waals surface area contributed by atoms with Gasteiger partial charge in [0, 0.05) is 5.56 Å². The molecule has 0 bridgehead atoms. The van der Waals surface area contributed by atoms with Crippen LogP contribution in [-0.2, 0) is 10.0 Å². The van der Waals surface area contributed by atoms with Crippen LogP contribution in [0.1, 0.15) is 5.56 Å². The third-order valence-electron chi connectivity index (χ3n) is 4.44. The van der Waals surface area contributed by atoms with E-state index in [2.05, 4.69) is 9.71 Å². The van der Waals surface area contributed by atoms with Gasteiger partial charge in [-0.3, -0.25) is 4.72 Å². The van der Waals surface area contributed by atoms with Crippen LogP contribution in [0.4, 0.5) is 5.69 Å². The van der Waals surface area contributed by atoms with Crippen molar-refractivity contribution in [3.63, 3.8) is 0 Å². The number of rotatable bonds is 4. The van der Waals surface area contributed by atoms with E-state index in [0.717, 1.165) is 11.1 Å². The van der Waals surface area contributed by atoms with Crippen molar-refractivity contribution in [2.24, 2.45) is 0 Å². The zero-order valence-electron chi connectivity index (χ0n) is 14.6. The number of nitrogens with one attached hydrogen (secondary N) is 2. The number of H-pyrrole nitrogens is 1. The summed E-state index contributed by atoms with van der Waals surface area (Å²) >= 11 is 0. The molecular weight excluding hydrogens is 360 g/mol. The fourth-order valence-corrected chi connectivity index (χ4v) is 4.12. The molecule has 0 amide bonds. The summed E-state index contributed by atoms with van der Waals surface area (Å²) in [7, 11) is -3.77. The number of benzene rings is 3. The van der Waals surface area contributed by atoms with Crippen molar-refractivity contribution in [2.75, 3.05) is 4.72 Å². The second kappa shape index (κ2) is 6.48. The molecule has 0 radical (unpaired) electrons. The highest BCUT2D eigenvalue weighted by Gasteiger charge is 2.20. The molecule has 4 aromatic rings. The molecule has 1 aromatic heterocycles. The summed E-state index contributed by atoms with van der Waals surface area (Å²) in [5.74, 6) is 0.0124. The molecule has 0 unspecified atom stereocenters. The summed E-state index contributed by atoms with van der Waals surface area (Å²) < 4.78 is 28.1. The van der Waals surface area contributed by atoms with Gasteiger partial charge in [-0.1, -0.05) is 54.1 Å². The minimum absolute atomic E-state index is 0.0124. The zero-order valence-corrected chi connectivity index (χ0v) is 15.4. The summed E-state index contributed by atoms with van der Waals surface area (Å²) in [4.78, 5) is 3.34. The highest BCUT2D eigenvalue weighted by molar-refractivity contribution is 7.92. The molecule has 0 spiro atoms. The van der Waals surface area contributed by atoms with E-state index in [1.165, 1.54) is 0 Å². The van der Waals surface area contributed by atoms with Gasteiger partial charge in [-0.2, -0.15) is 0 Å². The number of aromatic hydroxyl groups is 1. The minimum atomic E-state index is -3.77. The van der Waals surface area contributed by atoms with Crippen LogP contribution in [-0.4, -0.2) is 18.5 Å². The number of anilines is 1. The lowest BCUT2D eigenvalue weighted by atomic mass is 10.1. The third kappa shape index (κ3) is 3.15. The van der Waals surface area contributed by atoms with Crippen LogP contribution >= 0.6 is 0 Å². The van der Waals surface area contributed by atoms with Crippen molar-refractivity contribution in [1.29, 1.82) is 0 Å². The van der Waals surface area contributed by atoms with Crippen LogP contribution in [0.5, 0.6) is 5.75 Å². The Morgan fingerprint density at radius 2 is 1.59 bits per heavy atom. The smallest absolute Gasteiger partial charge is 0.261 e. The highest BCUT2D eigenvalue weighted by atomic mass is 32.2. The Morgan fingerprint density at radius 1 is 0.889 bits per heavy atom. The number of fused-ring (bicyclic) bond motifs is 1. The second-order valence-electron chi connectivity index (χ2n) is 6.36. The van der Waals surface area contributed by atoms with E-state index < -0.39 is 10.0 Å². The van der Waals surface area contributed by atoms with E-state index in [9.17, 15) is 13.5 Å². The van der Waals surface area contributed by atoms with Gasteiger partial charge < -0.3 is 10.1 Å². The maximum atomic E-state index is 12.7. The predicted molar refractivity (Wildman–Crippen MR) is 107 cm³/mol. The molecule has 3 N–H and O–H groups in total. The molecular formula is C21H18N2O3S. The standard InChI is InChI=1S/C21H18N2O3S/c1-14-10-12-16(13-11-14)27(25,26)23-18-9-5-8-17-19(18)21(24)20(22-17)15-6-3-2-4-7-15/h2-13,22-24H,1H3. The van der Waals surface area contributed by atoms with Crippen molar-refractivity contribution in [3.8, 4) is 17.0 Å². The first kappa shape index (κ1) is 17.2. The van der Waals surface area contributed by atoms with Gasteiger partial charge in [0.25, 0.3) is 10.0 Å². The van der Waals surface area contributed by atoms with Crippen LogP contribution in [0.2, 0.25) is 0 Å². The molecule has 5 nitrogen and oxygen atoms in total. The van der Waals surface area contributed by atoms with Crippen LogP contribution in [0.25, 0.3) is 22.2 Å². The number of hydrogen-bond acceptors (Lipinski definition) is 3. The van der Waals surface area contributed by atoms with Gasteiger partial charge in [0.1, 0.15) is 0 Å².